The Labute approximate surface area is 287 Å². The summed E-state index contributed by atoms with van der Waals surface area (Å²) < 4.78 is 5.98. The van der Waals surface area contributed by atoms with Gasteiger partial charge in [0.2, 0.25) is 11.8 Å². The van der Waals surface area contributed by atoms with Crippen LogP contribution < -0.4 is 9.64 Å². The Hall–Kier alpha value is -2.25. The lowest BCUT2D eigenvalue weighted by molar-refractivity contribution is -0.138. The van der Waals surface area contributed by atoms with Crippen LogP contribution >= 0.6 is 71.0 Å². The van der Waals surface area contributed by atoms with E-state index in [0.29, 0.717) is 26.9 Å². The number of fused-ring (bicyclic) bond motifs is 4. The molecule has 6 atom stereocenters. The number of hydrogen-bond donors (Lipinski definition) is 1. The molecule has 9 nitrogen and oxygen atoms in total. The predicted molar refractivity (Wildman–Crippen MR) is 172 cm³/mol. The van der Waals surface area contributed by atoms with Crippen LogP contribution in [0.1, 0.15) is 41.6 Å². The summed E-state index contributed by atoms with van der Waals surface area (Å²) in [6, 6.07) is 7.74. The first-order chi connectivity index (χ1) is 20.7. The number of halogens is 5. The summed E-state index contributed by atoms with van der Waals surface area (Å²) in [6.45, 7) is 1.42. The van der Waals surface area contributed by atoms with E-state index < -0.39 is 57.0 Å². The van der Waals surface area contributed by atoms with E-state index in [9.17, 15) is 29.1 Å². The number of nitrogens with zero attached hydrogens (tertiary/aromatic N) is 2. The van der Waals surface area contributed by atoms with Gasteiger partial charge in [0.1, 0.15) is 0 Å². The number of imide groups is 2. The average molecular weight is 834 g/mol. The fourth-order valence-electron chi connectivity index (χ4n) is 7.18. The average Bonchev–Trinajstić information content (AvgIpc) is 3.34. The van der Waals surface area contributed by atoms with Crippen molar-refractivity contribution < 1.29 is 33.8 Å². The van der Waals surface area contributed by atoms with Crippen molar-refractivity contribution in [1.82, 2.24) is 4.90 Å². The molecule has 2 saturated heterocycles. The lowest BCUT2D eigenvalue weighted by atomic mass is 9.56. The highest BCUT2D eigenvalue weighted by atomic mass is 79.9. The second-order valence-electron chi connectivity index (χ2n) is 11.2. The largest absolute Gasteiger partial charge is 0.503 e. The quantitative estimate of drug-likeness (QED) is 0.128. The van der Waals surface area contributed by atoms with Crippen LogP contribution in [0.2, 0.25) is 0 Å². The smallest absolute Gasteiger partial charge is 0.254 e. The number of allylic oxidation sites excluding steroid dienone is 2. The number of carbonyl (C=O) groups excluding carboxylic acids is 5. The van der Waals surface area contributed by atoms with Crippen molar-refractivity contribution in [3.05, 3.63) is 62.1 Å². The fourth-order valence-corrected chi connectivity index (χ4v) is 9.55. The van der Waals surface area contributed by atoms with Crippen molar-refractivity contribution in [3.8, 4) is 11.5 Å². The Balaban J connectivity index is 1.53. The molecule has 0 bridgehead atoms. The van der Waals surface area contributed by atoms with Gasteiger partial charge in [-0.1, -0.05) is 27.6 Å². The molecule has 14 heteroatoms. The maximum Gasteiger partial charge on any atom is 0.254 e. The third-order valence-electron chi connectivity index (χ3n) is 9.25. The molecule has 230 valence electrons. The minimum Gasteiger partial charge on any atom is -0.503 e. The van der Waals surface area contributed by atoms with Gasteiger partial charge in [-0.05, 0) is 93.4 Å². The van der Waals surface area contributed by atoms with Crippen LogP contribution in [0, 0.1) is 17.8 Å². The summed E-state index contributed by atoms with van der Waals surface area (Å²) >= 11 is 24.7. The van der Waals surface area contributed by atoms with Gasteiger partial charge in [-0.2, -0.15) is 0 Å². The highest BCUT2D eigenvalue weighted by molar-refractivity contribution is 9.13. The summed E-state index contributed by atoms with van der Waals surface area (Å²) in [4.78, 5) is 65.7. The Bertz CT molecular complexity index is 1720. The SMILES string of the molecule is COc1cc([C@H]2C3=CC[C@@H]4C(=O)N(c5ccc(C(C)=O)cc5)C(=O)[C@@H]4[C@@H]3C[C@@]3(Cl)C(=O)N(CBr)C(=O)[C@@]23Cl)c(Br)c(Br)c1O. The number of Topliss-reactive ketones (excluding diaryl/α,β-unsaturated/α-hetero) is 1. The lowest BCUT2D eigenvalue weighted by Gasteiger charge is -2.51. The number of methoxy groups -OCH3 is 1. The predicted octanol–water partition coefficient (Wildman–Crippen LogP) is 6.04. The van der Waals surface area contributed by atoms with Crippen molar-refractivity contribution in [2.75, 3.05) is 17.5 Å². The number of phenolic OH excluding ortho intramolecular Hbond substituents is 1. The molecule has 2 aliphatic heterocycles. The zero-order valence-corrected chi connectivity index (χ0v) is 29.3. The number of benzene rings is 2. The van der Waals surface area contributed by atoms with Crippen LogP contribution in [0.4, 0.5) is 5.69 Å². The second kappa shape index (κ2) is 10.9. The number of ketones is 1. The number of alkyl halides is 3. The van der Waals surface area contributed by atoms with E-state index in [1.54, 1.807) is 24.3 Å². The van der Waals surface area contributed by atoms with Crippen molar-refractivity contribution in [3.63, 3.8) is 0 Å². The molecular formula is C30H23Br3Cl2N2O7. The van der Waals surface area contributed by atoms with Gasteiger partial charge in [-0.3, -0.25) is 33.8 Å². The van der Waals surface area contributed by atoms with E-state index in [2.05, 4.69) is 47.8 Å². The van der Waals surface area contributed by atoms with Gasteiger partial charge in [0, 0.05) is 16.0 Å². The van der Waals surface area contributed by atoms with Crippen molar-refractivity contribution in [2.24, 2.45) is 17.8 Å². The van der Waals surface area contributed by atoms with Crippen molar-refractivity contribution in [2.45, 2.75) is 35.4 Å². The van der Waals surface area contributed by atoms with Crippen LogP contribution in [0.25, 0.3) is 0 Å². The zero-order chi connectivity index (χ0) is 32.0. The van der Waals surface area contributed by atoms with Crippen LogP contribution in [0.5, 0.6) is 11.5 Å². The van der Waals surface area contributed by atoms with Crippen LogP contribution in [0.15, 0.2) is 50.9 Å². The molecule has 2 heterocycles. The van der Waals surface area contributed by atoms with Gasteiger partial charge in [-0.15, -0.1) is 23.2 Å². The minimum atomic E-state index is -2.02. The van der Waals surface area contributed by atoms with E-state index >= 15 is 0 Å². The van der Waals surface area contributed by atoms with Gasteiger partial charge >= 0.3 is 0 Å². The summed E-state index contributed by atoms with van der Waals surface area (Å²) in [5, 5.41) is 10.7. The fraction of sp³-hybridized carbons (Fsp3) is 0.367. The molecule has 6 rings (SSSR count). The summed E-state index contributed by atoms with van der Waals surface area (Å²) in [7, 11) is 1.37. The molecule has 2 aliphatic carbocycles. The molecule has 4 amide bonds. The van der Waals surface area contributed by atoms with E-state index in [1.165, 1.54) is 20.1 Å². The number of carbonyl (C=O) groups is 5. The minimum absolute atomic E-state index is 0.0772. The number of anilines is 1. The zero-order valence-electron chi connectivity index (χ0n) is 23.1. The van der Waals surface area contributed by atoms with Gasteiger partial charge in [-0.25, -0.2) is 0 Å². The first-order valence-corrected chi connectivity index (χ1v) is 16.9. The van der Waals surface area contributed by atoms with E-state index in [4.69, 9.17) is 27.9 Å². The molecule has 0 radical (unpaired) electrons. The number of amides is 4. The van der Waals surface area contributed by atoms with E-state index in [1.807, 2.05) is 6.08 Å². The number of likely N-dealkylation sites (tertiary alicyclic amines) is 1. The summed E-state index contributed by atoms with van der Waals surface area (Å²) in [5.41, 5.74) is 1.60. The van der Waals surface area contributed by atoms with Gasteiger partial charge in [0.15, 0.2) is 27.0 Å². The summed E-state index contributed by atoms with van der Waals surface area (Å²) in [5.74, 6) is -6.00. The van der Waals surface area contributed by atoms with Crippen molar-refractivity contribution in [1.29, 1.82) is 0 Å². The van der Waals surface area contributed by atoms with Gasteiger partial charge in [0.05, 0.1) is 34.6 Å². The third-order valence-corrected chi connectivity index (χ3v) is 13.3. The monoisotopic (exact) mass is 830 g/mol. The number of phenols is 1. The third kappa shape index (κ3) is 4.09. The molecule has 1 saturated carbocycles. The molecule has 44 heavy (non-hydrogen) atoms. The highest BCUT2D eigenvalue weighted by Crippen LogP contribution is 2.66. The maximum absolute atomic E-state index is 14.2. The molecule has 0 unspecified atom stereocenters. The first-order valence-electron chi connectivity index (χ1n) is 13.5. The summed E-state index contributed by atoms with van der Waals surface area (Å²) in [6.07, 6.45) is 1.83. The van der Waals surface area contributed by atoms with Crippen molar-refractivity contribution >= 4 is 106 Å². The lowest BCUT2D eigenvalue weighted by Crippen LogP contribution is -2.60. The van der Waals surface area contributed by atoms with E-state index in [0.717, 1.165) is 9.80 Å². The van der Waals surface area contributed by atoms with Crippen LogP contribution in [-0.4, -0.2) is 61.7 Å². The molecule has 0 spiro atoms. The standard InChI is InChI=1S/C30H23Br3Cl2N2O7/c1-12(38)13-3-5-14(6-4-13)37-25(40)16-8-7-15-18(20(16)26(37)41)10-29(34)27(42)36(11-31)28(43)30(29,35)21(15)17-9-19(44-2)24(39)23(33)22(17)32/h3-7,9,16,18,20-21,39H,8,10-11H2,1-2H3/t16-,18+,20-,21+,29+,30-/m0/s1. The Morgan fingerprint density at radius 2 is 1.70 bits per heavy atom. The Morgan fingerprint density at radius 1 is 1.05 bits per heavy atom. The molecule has 2 aromatic carbocycles. The Kier molecular flexibility index (Phi) is 7.88. The number of aromatic hydroxyl groups is 1. The number of ether oxygens (including phenoxy) is 1. The highest BCUT2D eigenvalue weighted by Gasteiger charge is 2.76. The first kappa shape index (κ1) is 31.7. The van der Waals surface area contributed by atoms with Crippen LogP contribution in [-0.2, 0) is 19.2 Å². The molecule has 4 aliphatic rings. The van der Waals surface area contributed by atoms with Gasteiger partial charge in [0.25, 0.3) is 11.8 Å². The normalized spacial score (nSPS) is 31.1. The maximum atomic E-state index is 14.2. The molecule has 2 aromatic rings. The molecule has 1 N–H and O–H groups in total. The molecule has 0 aromatic heterocycles. The molecule has 3 fully saturated rings. The number of hydrogen-bond acceptors (Lipinski definition) is 7. The topological polar surface area (TPSA) is 121 Å². The van der Waals surface area contributed by atoms with E-state index in [-0.39, 0.29) is 40.1 Å². The number of rotatable bonds is 5. The van der Waals surface area contributed by atoms with Gasteiger partial charge < -0.3 is 9.84 Å². The van der Waals surface area contributed by atoms with Crippen LogP contribution in [0.3, 0.4) is 0 Å². The second-order valence-corrected chi connectivity index (χ2v) is 14.6. The Morgan fingerprint density at radius 3 is 2.30 bits per heavy atom. The molecular weight excluding hydrogens is 811 g/mol.